The SMILES string of the molecule is CC1=C(C)C(C)(C)C#C1. The molecule has 0 aromatic rings. The van der Waals surface area contributed by atoms with E-state index in [0.29, 0.717) is 0 Å². The molecule has 48 valence electrons. The summed E-state index contributed by atoms with van der Waals surface area (Å²) in [6.45, 7) is 8.54. The van der Waals surface area contributed by atoms with E-state index in [9.17, 15) is 0 Å². The van der Waals surface area contributed by atoms with E-state index in [4.69, 9.17) is 0 Å². The molecule has 0 heteroatoms. The summed E-state index contributed by atoms with van der Waals surface area (Å²) in [6, 6.07) is 0. The van der Waals surface area contributed by atoms with Crippen molar-refractivity contribution in [3.05, 3.63) is 11.1 Å². The van der Waals surface area contributed by atoms with Crippen LogP contribution in [-0.2, 0) is 0 Å². The van der Waals surface area contributed by atoms with Gasteiger partial charge in [0.1, 0.15) is 0 Å². The molecule has 0 aliphatic heterocycles. The molecule has 0 saturated heterocycles. The zero-order valence-corrected chi connectivity index (χ0v) is 6.50. The molecule has 0 heterocycles. The van der Waals surface area contributed by atoms with Crippen LogP contribution >= 0.6 is 0 Å². The second-order valence-electron chi connectivity index (χ2n) is 3.12. The average Bonchev–Trinajstić information content (AvgIpc) is 1.97. The predicted octanol–water partition coefficient (Wildman–Crippen LogP) is 2.37. The highest BCUT2D eigenvalue weighted by Crippen LogP contribution is 2.30. The standard InChI is InChI=1S/C9H12/c1-7-5-6-9(3,4)8(7)2/h1-4H3. The van der Waals surface area contributed by atoms with Gasteiger partial charge in [-0.15, -0.1) is 0 Å². The van der Waals surface area contributed by atoms with Crippen molar-refractivity contribution in [1.82, 2.24) is 0 Å². The van der Waals surface area contributed by atoms with Crippen molar-refractivity contribution in [1.29, 1.82) is 0 Å². The minimum Gasteiger partial charge on any atom is -0.0875 e. The molecule has 0 nitrogen and oxygen atoms in total. The Morgan fingerprint density at radius 3 is 1.89 bits per heavy atom. The summed E-state index contributed by atoms with van der Waals surface area (Å²) in [5.41, 5.74) is 2.78. The van der Waals surface area contributed by atoms with Crippen LogP contribution in [-0.4, -0.2) is 0 Å². The molecule has 0 spiro atoms. The van der Waals surface area contributed by atoms with Crippen LogP contribution in [0.2, 0.25) is 0 Å². The lowest BCUT2D eigenvalue weighted by molar-refractivity contribution is 0.611. The maximum absolute atomic E-state index is 3.17. The summed E-state index contributed by atoms with van der Waals surface area (Å²) in [6.07, 6.45) is 0. The second-order valence-corrected chi connectivity index (χ2v) is 3.12. The van der Waals surface area contributed by atoms with Crippen molar-refractivity contribution in [3.8, 4) is 11.8 Å². The molecule has 0 unspecified atom stereocenters. The highest BCUT2D eigenvalue weighted by molar-refractivity contribution is 5.45. The van der Waals surface area contributed by atoms with Gasteiger partial charge in [-0.05, 0) is 38.8 Å². The van der Waals surface area contributed by atoms with Gasteiger partial charge in [0.05, 0.1) is 0 Å². The third kappa shape index (κ3) is 0.876. The first-order chi connectivity index (χ1) is 4.04. The summed E-state index contributed by atoms with van der Waals surface area (Å²) < 4.78 is 0. The van der Waals surface area contributed by atoms with Gasteiger partial charge in [-0.2, -0.15) is 0 Å². The first-order valence-electron chi connectivity index (χ1n) is 3.25. The van der Waals surface area contributed by atoms with Gasteiger partial charge in [-0.1, -0.05) is 11.8 Å². The van der Waals surface area contributed by atoms with Gasteiger partial charge >= 0.3 is 0 Å². The Morgan fingerprint density at radius 1 is 1.22 bits per heavy atom. The molecule has 1 aliphatic rings. The topological polar surface area (TPSA) is 0 Å². The fraction of sp³-hybridized carbons (Fsp3) is 0.556. The number of hydrogen-bond acceptors (Lipinski definition) is 0. The molecule has 1 aliphatic carbocycles. The Balaban J connectivity index is 3.08. The molecular weight excluding hydrogens is 108 g/mol. The van der Waals surface area contributed by atoms with Gasteiger partial charge in [-0.3, -0.25) is 0 Å². The van der Waals surface area contributed by atoms with E-state index >= 15 is 0 Å². The summed E-state index contributed by atoms with van der Waals surface area (Å²) in [5, 5.41) is 0. The molecule has 0 fully saturated rings. The first kappa shape index (κ1) is 6.42. The molecule has 0 aromatic heterocycles. The zero-order valence-electron chi connectivity index (χ0n) is 6.50. The highest BCUT2D eigenvalue weighted by atomic mass is 14.2. The van der Waals surface area contributed by atoms with Crippen molar-refractivity contribution in [3.63, 3.8) is 0 Å². The van der Waals surface area contributed by atoms with Gasteiger partial charge in [0.25, 0.3) is 0 Å². The van der Waals surface area contributed by atoms with Crippen LogP contribution in [0.3, 0.4) is 0 Å². The van der Waals surface area contributed by atoms with Crippen LogP contribution in [0, 0.1) is 17.3 Å². The monoisotopic (exact) mass is 120 g/mol. The van der Waals surface area contributed by atoms with Crippen molar-refractivity contribution in [2.75, 3.05) is 0 Å². The summed E-state index contributed by atoms with van der Waals surface area (Å²) in [5.74, 6) is 6.26. The fourth-order valence-electron chi connectivity index (χ4n) is 0.906. The Bertz CT molecular complexity index is 218. The maximum Gasteiger partial charge on any atom is 0.0479 e. The number of hydrogen-bond donors (Lipinski definition) is 0. The first-order valence-corrected chi connectivity index (χ1v) is 3.25. The highest BCUT2D eigenvalue weighted by Gasteiger charge is 2.21. The lowest BCUT2D eigenvalue weighted by atomic mass is 9.88. The van der Waals surface area contributed by atoms with Gasteiger partial charge in [0.2, 0.25) is 0 Å². The minimum absolute atomic E-state index is 0.143. The smallest absolute Gasteiger partial charge is 0.0479 e. The predicted molar refractivity (Wildman–Crippen MR) is 39.9 cm³/mol. The average molecular weight is 120 g/mol. The summed E-state index contributed by atoms with van der Waals surface area (Å²) in [4.78, 5) is 0. The van der Waals surface area contributed by atoms with Crippen LogP contribution in [0.15, 0.2) is 11.1 Å². The Labute approximate surface area is 57.0 Å². The van der Waals surface area contributed by atoms with Crippen LogP contribution in [0.25, 0.3) is 0 Å². The van der Waals surface area contributed by atoms with E-state index in [2.05, 4.69) is 39.5 Å². The third-order valence-corrected chi connectivity index (χ3v) is 2.06. The van der Waals surface area contributed by atoms with Crippen molar-refractivity contribution < 1.29 is 0 Å². The van der Waals surface area contributed by atoms with E-state index < -0.39 is 0 Å². The Kier molecular flexibility index (Phi) is 1.17. The van der Waals surface area contributed by atoms with E-state index in [-0.39, 0.29) is 5.41 Å². The molecule has 9 heavy (non-hydrogen) atoms. The molecule has 0 saturated carbocycles. The molecular formula is C9H12. The molecule has 0 N–H and O–H groups in total. The largest absolute Gasteiger partial charge is 0.0875 e. The van der Waals surface area contributed by atoms with E-state index in [1.165, 1.54) is 11.1 Å². The van der Waals surface area contributed by atoms with Crippen LogP contribution in [0.5, 0.6) is 0 Å². The lowest BCUT2D eigenvalue weighted by Crippen LogP contribution is -2.06. The zero-order chi connectivity index (χ0) is 7.07. The van der Waals surface area contributed by atoms with Crippen molar-refractivity contribution >= 4 is 0 Å². The fourth-order valence-corrected chi connectivity index (χ4v) is 0.906. The van der Waals surface area contributed by atoms with Crippen LogP contribution < -0.4 is 0 Å². The number of allylic oxidation sites excluding steroid dienone is 2. The van der Waals surface area contributed by atoms with E-state index in [1.54, 1.807) is 0 Å². The summed E-state index contributed by atoms with van der Waals surface area (Å²) in [7, 11) is 0. The van der Waals surface area contributed by atoms with Gasteiger partial charge in [0, 0.05) is 5.41 Å². The Hall–Kier alpha value is -0.700. The van der Waals surface area contributed by atoms with E-state index in [0.717, 1.165) is 0 Å². The third-order valence-electron chi connectivity index (χ3n) is 2.06. The Morgan fingerprint density at radius 2 is 1.78 bits per heavy atom. The second kappa shape index (κ2) is 1.64. The van der Waals surface area contributed by atoms with Crippen LogP contribution in [0.1, 0.15) is 27.7 Å². The quantitative estimate of drug-likeness (QED) is 0.430. The van der Waals surface area contributed by atoms with Gasteiger partial charge in [0.15, 0.2) is 0 Å². The molecule has 0 bridgehead atoms. The van der Waals surface area contributed by atoms with Gasteiger partial charge < -0.3 is 0 Å². The molecule has 0 amide bonds. The van der Waals surface area contributed by atoms with Crippen LogP contribution in [0.4, 0.5) is 0 Å². The lowest BCUT2D eigenvalue weighted by Gasteiger charge is -2.14. The summed E-state index contributed by atoms with van der Waals surface area (Å²) >= 11 is 0. The number of rotatable bonds is 0. The van der Waals surface area contributed by atoms with E-state index in [1.807, 2.05) is 0 Å². The maximum atomic E-state index is 3.17. The van der Waals surface area contributed by atoms with Gasteiger partial charge in [-0.25, -0.2) is 0 Å². The molecule has 0 atom stereocenters. The van der Waals surface area contributed by atoms with Crippen molar-refractivity contribution in [2.45, 2.75) is 27.7 Å². The molecule has 0 radical (unpaired) electrons. The minimum atomic E-state index is 0.143. The van der Waals surface area contributed by atoms with Crippen molar-refractivity contribution in [2.24, 2.45) is 5.41 Å². The normalized spacial score (nSPS) is 21.8. The molecule has 1 rings (SSSR count). The molecule has 0 aromatic carbocycles.